The highest BCUT2D eigenvalue weighted by Gasteiger charge is 2.39. The molecule has 0 aliphatic rings. The molecular weight excluding hydrogens is 276 g/mol. The van der Waals surface area contributed by atoms with Gasteiger partial charge in [0.1, 0.15) is 13.1 Å². The third-order valence-electron chi connectivity index (χ3n) is 2.05. The average Bonchev–Trinajstić information content (AvgIpc) is 2.24. The Hall–Kier alpha value is -1.73. The van der Waals surface area contributed by atoms with Gasteiger partial charge in [0.05, 0.1) is 0 Å². The van der Waals surface area contributed by atoms with Crippen molar-refractivity contribution in [2.24, 2.45) is 0 Å². The number of carbonyl (C=O) groups excluding carboxylic acids is 1. The van der Waals surface area contributed by atoms with E-state index >= 15 is 0 Å². The first-order chi connectivity index (χ1) is 8.58. The molecule has 1 aromatic rings. The standard InChI is InChI=1S/C11H9F6NO/c12-10(13,14)6-18(7-11(15,16)17)9(19)8-4-2-1-3-5-8/h1-5H,6-7H2. The fourth-order valence-electron chi connectivity index (χ4n) is 1.40. The molecule has 8 heteroatoms. The summed E-state index contributed by atoms with van der Waals surface area (Å²) in [6.07, 6.45) is -9.79. The van der Waals surface area contributed by atoms with Crippen LogP contribution in [0.15, 0.2) is 30.3 Å². The first-order valence-electron chi connectivity index (χ1n) is 5.06. The van der Waals surface area contributed by atoms with E-state index in [4.69, 9.17) is 0 Å². The molecule has 0 saturated carbocycles. The van der Waals surface area contributed by atoms with Crippen molar-refractivity contribution >= 4 is 5.91 Å². The SMILES string of the molecule is O=C(c1ccccc1)N(CC(F)(F)F)CC(F)(F)F. The van der Waals surface area contributed by atoms with Crippen molar-refractivity contribution in [3.05, 3.63) is 35.9 Å². The van der Waals surface area contributed by atoms with Crippen LogP contribution in [0.25, 0.3) is 0 Å². The van der Waals surface area contributed by atoms with Crippen LogP contribution in [-0.2, 0) is 0 Å². The number of rotatable bonds is 3. The molecule has 0 saturated heterocycles. The molecular formula is C11H9F6NO. The second-order valence-corrected chi connectivity index (χ2v) is 3.76. The largest absolute Gasteiger partial charge is 0.406 e. The van der Waals surface area contributed by atoms with Crippen LogP contribution in [0.4, 0.5) is 26.3 Å². The highest BCUT2D eigenvalue weighted by molar-refractivity contribution is 5.94. The van der Waals surface area contributed by atoms with Gasteiger partial charge in [-0.1, -0.05) is 18.2 Å². The number of hydrogen-bond acceptors (Lipinski definition) is 1. The van der Waals surface area contributed by atoms with Crippen LogP contribution in [0, 0.1) is 0 Å². The van der Waals surface area contributed by atoms with Crippen LogP contribution in [-0.4, -0.2) is 36.2 Å². The highest BCUT2D eigenvalue weighted by atomic mass is 19.4. The second kappa shape index (κ2) is 5.50. The summed E-state index contributed by atoms with van der Waals surface area (Å²) in [4.78, 5) is 11.4. The van der Waals surface area contributed by atoms with Gasteiger partial charge in [-0.15, -0.1) is 0 Å². The van der Waals surface area contributed by atoms with Crippen LogP contribution >= 0.6 is 0 Å². The summed E-state index contributed by atoms with van der Waals surface area (Å²) in [7, 11) is 0. The van der Waals surface area contributed by atoms with E-state index in [1.807, 2.05) is 0 Å². The Bertz CT molecular complexity index is 409. The molecule has 1 rings (SSSR count). The van der Waals surface area contributed by atoms with Gasteiger partial charge >= 0.3 is 12.4 Å². The topological polar surface area (TPSA) is 20.3 Å². The molecule has 0 fully saturated rings. The number of amides is 1. The van der Waals surface area contributed by atoms with Crippen molar-refractivity contribution in [1.82, 2.24) is 4.90 Å². The van der Waals surface area contributed by atoms with Crippen LogP contribution < -0.4 is 0 Å². The average molecular weight is 285 g/mol. The van der Waals surface area contributed by atoms with Gasteiger partial charge in [-0.25, -0.2) is 0 Å². The van der Waals surface area contributed by atoms with Crippen LogP contribution in [0.1, 0.15) is 10.4 Å². The highest BCUT2D eigenvalue weighted by Crippen LogP contribution is 2.23. The van der Waals surface area contributed by atoms with Crippen molar-refractivity contribution in [3.63, 3.8) is 0 Å². The third kappa shape index (κ3) is 5.62. The van der Waals surface area contributed by atoms with Crippen molar-refractivity contribution in [2.75, 3.05) is 13.1 Å². The zero-order chi connectivity index (χ0) is 14.7. The Kier molecular flexibility index (Phi) is 4.43. The van der Waals surface area contributed by atoms with Gasteiger partial charge in [-0.3, -0.25) is 4.79 Å². The van der Waals surface area contributed by atoms with E-state index in [2.05, 4.69) is 0 Å². The maximum atomic E-state index is 12.2. The zero-order valence-corrected chi connectivity index (χ0v) is 9.42. The molecule has 0 aromatic heterocycles. The molecule has 0 heterocycles. The number of benzene rings is 1. The van der Waals surface area contributed by atoms with Crippen molar-refractivity contribution in [1.29, 1.82) is 0 Å². The number of alkyl halides is 6. The predicted molar refractivity (Wildman–Crippen MR) is 54.5 cm³/mol. The lowest BCUT2D eigenvalue weighted by atomic mass is 10.2. The van der Waals surface area contributed by atoms with Gasteiger partial charge < -0.3 is 4.90 Å². The Morgan fingerprint density at radius 3 is 1.68 bits per heavy atom. The fraction of sp³-hybridized carbons (Fsp3) is 0.364. The van der Waals surface area contributed by atoms with E-state index in [0.717, 1.165) is 12.1 Å². The molecule has 106 valence electrons. The minimum Gasteiger partial charge on any atom is -0.320 e. The Labute approximate surface area is 104 Å². The molecule has 0 atom stereocenters. The van der Waals surface area contributed by atoms with E-state index < -0.39 is 31.3 Å². The van der Waals surface area contributed by atoms with E-state index in [0.29, 0.717) is 0 Å². The summed E-state index contributed by atoms with van der Waals surface area (Å²) >= 11 is 0. The van der Waals surface area contributed by atoms with Crippen molar-refractivity contribution in [2.45, 2.75) is 12.4 Å². The fourth-order valence-corrected chi connectivity index (χ4v) is 1.40. The lowest BCUT2D eigenvalue weighted by Crippen LogP contribution is -2.44. The molecule has 0 aliphatic heterocycles. The lowest BCUT2D eigenvalue weighted by molar-refractivity contribution is -0.171. The third-order valence-corrected chi connectivity index (χ3v) is 2.05. The summed E-state index contributed by atoms with van der Waals surface area (Å²) in [5.74, 6) is -1.31. The number of halogens is 6. The number of hydrogen-bond donors (Lipinski definition) is 0. The van der Waals surface area contributed by atoms with Gasteiger partial charge in [0.2, 0.25) is 0 Å². The summed E-state index contributed by atoms with van der Waals surface area (Å²) in [6.45, 7) is -3.89. The van der Waals surface area contributed by atoms with Gasteiger partial charge in [0.15, 0.2) is 0 Å². The quantitative estimate of drug-likeness (QED) is 0.781. The Morgan fingerprint density at radius 2 is 1.32 bits per heavy atom. The molecule has 0 unspecified atom stereocenters. The maximum Gasteiger partial charge on any atom is 0.406 e. The Balaban J connectivity index is 2.93. The Morgan fingerprint density at radius 1 is 0.895 bits per heavy atom. The number of carbonyl (C=O) groups is 1. The maximum absolute atomic E-state index is 12.2. The van der Waals surface area contributed by atoms with Crippen molar-refractivity contribution < 1.29 is 31.1 Å². The van der Waals surface area contributed by atoms with Gasteiger partial charge in [0.25, 0.3) is 5.91 Å². The van der Waals surface area contributed by atoms with Crippen LogP contribution in [0.2, 0.25) is 0 Å². The predicted octanol–water partition coefficient (Wildman–Crippen LogP) is 3.25. The first kappa shape index (κ1) is 15.3. The van der Waals surface area contributed by atoms with Crippen LogP contribution in [0.5, 0.6) is 0 Å². The minimum absolute atomic E-state index is 0.226. The minimum atomic E-state index is -4.89. The van der Waals surface area contributed by atoms with E-state index in [1.54, 1.807) is 0 Å². The van der Waals surface area contributed by atoms with Gasteiger partial charge in [-0.05, 0) is 12.1 Å². The molecule has 2 nitrogen and oxygen atoms in total. The van der Waals surface area contributed by atoms with E-state index in [9.17, 15) is 31.1 Å². The first-order valence-corrected chi connectivity index (χ1v) is 5.06. The second-order valence-electron chi connectivity index (χ2n) is 3.76. The smallest absolute Gasteiger partial charge is 0.320 e. The molecule has 0 aliphatic carbocycles. The normalized spacial score (nSPS) is 12.3. The summed E-state index contributed by atoms with van der Waals surface area (Å²) in [5.41, 5.74) is -0.226. The van der Waals surface area contributed by atoms with Gasteiger partial charge in [0, 0.05) is 5.56 Å². The molecule has 1 aromatic carbocycles. The van der Waals surface area contributed by atoms with E-state index in [1.165, 1.54) is 18.2 Å². The molecule has 19 heavy (non-hydrogen) atoms. The number of nitrogens with zero attached hydrogens (tertiary/aromatic N) is 1. The monoisotopic (exact) mass is 285 g/mol. The zero-order valence-electron chi connectivity index (χ0n) is 9.42. The van der Waals surface area contributed by atoms with Crippen molar-refractivity contribution in [3.8, 4) is 0 Å². The molecule has 0 N–H and O–H groups in total. The van der Waals surface area contributed by atoms with Crippen LogP contribution in [0.3, 0.4) is 0 Å². The summed E-state index contributed by atoms with van der Waals surface area (Å²) < 4.78 is 73.2. The summed E-state index contributed by atoms with van der Waals surface area (Å²) in [6, 6.07) is 6.51. The molecule has 0 bridgehead atoms. The molecule has 0 radical (unpaired) electrons. The lowest BCUT2D eigenvalue weighted by Gasteiger charge is -2.25. The molecule has 1 amide bonds. The molecule has 0 spiro atoms. The summed E-state index contributed by atoms with van der Waals surface area (Å²) in [5, 5.41) is 0. The van der Waals surface area contributed by atoms with Gasteiger partial charge in [-0.2, -0.15) is 26.3 Å². The van der Waals surface area contributed by atoms with E-state index in [-0.39, 0.29) is 10.5 Å².